The highest BCUT2D eigenvalue weighted by Crippen LogP contribution is 2.35. The van der Waals surface area contributed by atoms with Gasteiger partial charge in [0, 0.05) is 24.2 Å². The van der Waals surface area contributed by atoms with E-state index >= 15 is 0 Å². The standard InChI is InChI=1S/C29H36N6O3/c1-6-19-9-11-23-21(13-19)15-22(28(36)30-23)17-34(16-20-10-12-25-26(14-20)38-18-37-25)24(7-2)27-31-32-33-35(27)29(4,5)8-3/h9-15,24H,6-8,16-18H2,1-5H3,(H,30,36)/t24-/m0/s1. The normalized spacial score (nSPS) is 13.9. The Bertz CT molecular complexity index is 1490. The van der Waals surface area contributed by atoms with Crippen molar-refractivity contribution in [2.45, 2.75) is 78.6 Å². The lowest BCUT2D eigenvalue weighted by Gasteiger charge is -2.33. The van der Waals surface area contributed by atoms with Gasteiger partial charge >= 0.3 is 0 Å². The average Bonchev–Trinajstić information content (AvgIpc) is 3.59. The van der Waals surface area contributed by atoms with Crippen molar-refractivity contribution in [3.63, 3.8) is 0 Å². The van der Waals surface area contributed by atoms with Gasteiger partial charge in [-0.1, -0.05) is 32.9 Å². The number of aryl methyl sites for hydroxylation is 1. The van der Waals surface area contributed by atoms with Crippen LogP contribution in [0.1, 0.15) is 76.0 Å². The van der Waals surface area contributed by atoms with E-state index in [4.69, 9.17) is 9.47 Å². The van der Waals surface area contributed by atoms with E-state index in [1.54, 1.807) is 0 Å². The lowest BCUT2D eigenvalue weighted by Crippen LogP contribution is -2.36. The van der Waals surface area contributed by atoms with Crippen LogP contribution in [0.3, 0.4) is 0 Å². The second kappa shape index (κ2) is 10.6. The molecule has 2 aromatic carbocycles. The predicted octanol–water partition coefficient (Wildman–Crippen LogP) is 5.10. The fraction of sp³-hybridized carbons (Fsp3) is 0.448. The van der Waals surface area contributed by atoms with Gasteiger partial charge in [-0.3, -0.25) is 9.69 Å². The summed E-state index contributed by atoms with van der Waals surface area (Å²) in [5.41, 5.74) is 3.53. The van der Waals surface area contributed by atoms with Crippen molar-refractivity contribution in [3.8, 4) is 11.5 Å². The molecular weight excluding hydrogens is 480 g/mol. The van der Waals surface area contributed by atoms with Gasteiger partial charge in [0.05, 0.1) is 11.6 Å². The Morgan fingerprint density at radius 2 is 1.82 bits per heavy atom. The van der Waals surface area contributed by atoms with Gasteiger partial charge in [0.2, 0.25) is 6.79 Å². The smallest absolute Gasteiger partial charge is 0.252 e. The highest BCUT2D eigenvalue weighted by Gasteiger charge is 2.31. The molecule has 2 aromatic heterocycles. The molecule has 0 amide bonds. The molecule has 1 atom stereocenters. The number of nitrogens with zero attached hydrogens (tertiary/aromatic N) is 5. The molecule has 38 heavy (non-hydrogen) atoms. The molecule has 5 rings (SSSR count). The van der Waals surface area contributed by atoms with Gasteiger partial charge in [0.15, 0.2) is 17.3 Å². The minimum absolute atomic E-state index is 0.0826. The Balaban J connectivity index is 1.56. The summed E-state index contributed by atoms with van der Waals surface area (Å²) in [6.45, 7) is 11.9. The first-order chi connectivity index (χ1) is 18.3. The van der Waals surface area contributed by atoms with E-state index in [2.05, 4.69) is 72.2 Å². The van der Waals surface area contributed by atoms with Crippen LogP contribution in [0.15, 0.2) is 47.3 Å². The lowest BCUT2D eigenvalue weighted by atomic mass is 10.0. The van der Waals surface area contributed by atoms with Crippen LogP contribution in [0.4, 0.5) is 0 Å². The molecule has 0 saturated heterocycles. The summed E-state index contributed by atoms with van der Waals surface area (Å²) in [5.74, 6) is 2.28. The quantitative estimate of drug-likeness (QED) is 0.313. The maximum absolute atomic E-state index is 13.2. The number of H-pyrrole nitrogens is 1. The maximum atomic E-state index is 13.2. The van der Waals surface area contributed by atoms with E-state index in [1.807, 2.05) is 35.0 Å². The van der Waals surface area contributed by atoms with Crippen molar-refractivity contribution in [3.05, 3.63) is 75.3 Å². The summed E-state index contributed by atoms with van der Waals surface area (Å²) in [6, 6.07) is 14.1. The zero-order chi connectivity index (χ0) is 26.9. The third-order valence-electron chi connectivity index (χ3n) is 7.65. The highest BCUT2D eigenvalue weighted by atomic mass is 16.7. The van der Waals surface area contributed by atoms with E-state index in [0.29, 0.717) is 18.7 Å². The van der Waals surface area contributed by atoms with Crippen molar-refractivity contribution >= 4 is 10.9 Å². The number of pyridine rings is 1. The van der Waals surface area contributed by atoms with Crippen molar-refractivity contribution in [2.24, 2.45) is 0 Å². The number of aromatic nitrogens is 5. The summed E-state index contributed by atoms with van der Waals surface area (Å²) in [7, 11) is 0. The van der Waals surface area contributed by atoms with Gasteiger partial charge < -0.3 is 14.5 Å². The van der Waals surface area contributed by atoms with Crippen LogP contribution in [0.5, 0.6) is 11.5 Å². The average molecular weight is 517 g/mol. The number of hydrogen-bond acceptors (Lipinski definition) is 7. The third-order valence-corrected chi connectivity index (χ3v) is 7.65. The van der Waals surface area contributed by atoms with Gasteiger partial charge in [0.25, 0.3) is 5.56 Å². The zero-order valence-electron chi connectivity index (χ0n) is 22.8. The molecule has 1 N–H and O–H groups in total. The molecule has 0 bridgehead atoms. The number of nitrogens with one attached hydrogen (secondary N) is 1. The molecule has 0 radical (unpaired) electrons. The Morgan fingerprint density at radius 3 is 2.58 bits per heavy atom. The number of tetrazole rings is 1. The van der Waals surface area contributed by atoms with Crippen LogP contribution in [0, 0.1) is 0 Å². The number of rotatable bonds is 10. The summed E-state index contributed by atoms with van der Waals surface area (Å²) in [5, 5.41) is 14.0. The van der Waals surface area contributed by atoms with Crippen molar-refractivity contribution < 1.29 is 9.47 Å². The van der Waals surface area contributed by atoms with Crippen LogP contribution in [0.25, 0.3) is 10.9 Å². The van der Waals surface area contributed by atoms with Gasteiger partial charge in [0.1, 0.15) is 0 Å². The molecule has 0 aliphatic carbocycles. The van der Waals surface area contributed by atoms with E-state index in [9.17, 15) is 4.79 Å². The van der Waals surface area contributed by atoms with Crippen LogP contribution >= 0.6 is 0 Å². The van der Waals surface area contributed by atoms with Crippen molar-refractivity contribution in [2.75, 3.05) is 6.79 Å². The van der Waals surface area contributed by atoms with Gasteiger partial charge in [-0.05, 0) is 90.4 Å². The summed E-state index contributed by atoms with van der Waals surface area (Å²) in [4.78, 5) is 18.6. The SMILES string of the molecule is CCc1ccc2[nH]c(=O)c(CN(Cc3ccc4c(c3)OCO4)[C@@H](CC)c3nnnn3C(C)(C)CC)cc2c1. The lowest BCUT2D eigenvalue weighted by molar-refractivity contribution is 0.150. The molecule has 9 heteroatoms. The number of aromatic amines is 1. The van der Waals surface area contributed by atoms with Crippen molar-refractivity contribution in [1.82, 2.24) is 30.1 Å². The molecule has 1 aliphatic rings. The molecule has 4 aromatic rings. The van der Waals surface area contributed by atoms with Crippen molar-refractivity contribution in [1.29, 1.82) is 0 Å². The second-order valence-electron chi connectivity index (χ2n) is 10.5. The second-order valence-corrected chi connectivity index (χ2v) is 10.5. The molecule has 0 spiro atoms. The number of fused-ring (bicyclic) bond motifs is 2. The van der Waals surface area contributed by atoms with E-state index in [-0.39, 0.29) is 23.9 Å². The summed E-state index contributed by atoms with van der Waals surface area (Å²) >= 11 is 0. The monoisotopic (exact) mass is 516 g/mol. The van der Waals surface area contributed by atoms with Crippen LogP contribution in [-0.4, -0.2) is 36.9 Å². The summed E-state index contributed by atoms with van der Waals surface area (Å²) in [6.07, 6.45) is 2.60. The Morgan fingerprint density at radius 1 is 1.03 bits per heavy atom. The Labute approximate surface area is 222 Å². The molecule has 0 unspecified atom stereocenters. The molecule has 9 nitrogen and oxygen atoms in total. The van der Waals surface area contributed by atoms with E-state index in [0.717, 1.165) is 53.1 Å². The highest BCUT2D eigenvalue weighted by molar-refractivity contribution is 5.79. The summed E-state index contributed by atoms with van der Waals surface area (Å²) < 4.78 is 13.1. The van der Waals surface area contributed by atoms with Gasteiger partial charge in [-0.25, -0.2) is 4.68 Å². The first-order valence-electron chi connectivity index (χ1n) is 13.4. The van der Waals surface area contributed by atoms with E-state index in [1.165, 1.54) is 5.56 Å². The minimum atomic E-state index is -0.242. The fourth-order valence-corrected chi connectivity index (χ4v) is 4.99. The van der Waals surface area contributed by atoms with Crippen LogP contribution < -0.4 is 15.0 Å². The topological polar surface area (TPSA) is 98.2 Å². The zero-order valence-corrected chi connectivity index (χ0v) is 22.8. The molecule has 3 heterocycles. The maximum Gasteiger partial charge on any atom is 0.252 e. The van der Waals surface area contributed by atoms with E-state index < -0.39 is 0 Å². The molecular formula is C29H36N6O3. The molecule has 0 fully saturated rings. The molecule has 1 aliphatic heterocycles. The number of ether oxygens (including phenoxy) is 2. The van der Waals surface area contributed by atoms with Crippen LogP contribution in [0.2, 0.25) is 0 Å². The largest absolute Gasteiger partial charge is 0.454 e. The fourth-order valence-electron chi connectivity index (χ4n) is 4.99. The third kappa shape index (κ3) is 5.03. The van der Waals surface area contributed by atoms with Gasteiger partial charge in [-0.2, -0.15) is 0 Å². The minimum Gasteiger partial charge on any atom is -0.454 e. The molecule has 0 saturated carbocycles. The Kier molecular flexibility index (Phi) is 7.21. The molecule has 200 valence electrons. The number of hydrogen-bond donors (Lipinski definition) is 1. The Hall–Kier alpha value is -3.72. The first kappa shape index (κ1) is 25.9. The predicted molar refractivity (Wildman–Crippen MR) is 146 cm³/mol. The first-order valence-corrected chi connectivity index (χ1v) is 13.4. The van der Waals surface area contributed by atoms with Gasteiger partial charge in [-0.15, -0.1) is 5.10 Å². The number of benzene rings is 2. The van der Waals surface area contributed by atoms with Crippen LogP contribution in [-0.2, 0) is 25.0 Å².